The molecule has 0 amide bonds. The molecule has 1 heterocycles. The van der Waals surface area contributed by atoms with Crippen LogP contribution in [0.5, 0.6) is 0 Å². The summed E-state index contributed by atoms with van der Waals surface area (Å²) in [6.45, 7) is 0.665. The van der Waals surface area contributed by atoms with Crippen LogP contribution in [0.25, 0.3) is 11.0 Å². The van der Waals surface area contributed by atoms with E-state index in [2.05, 4.69) is 9.55 Å². The number of carboxylic acids is 1. The first-order valence-corrected chi connectivity index (χ1v) is 8.32. The van der Waals surface area contributed by atoms with E-state index >= 15 is 0 Å². The number of imidazole rings is 1. The summed E-state index contributed by atoms with van der Waals surface area (Å²) in [4.78, 5) is 15.6. The van der Waals surface area contributed by atoms with E-state index in [0.29, 0.717) is 23.7 Å². The number of carboxylic acid groups (broad SMARTS) is 1. The van der Waals surface area contributed by atoms with Crippen LogP contribution in [0, 0.1) is 0 Å². The van der Waals surface area contributed by atoms with Crippen LogP contribution < -0.4 is 0 Å². The van der Waals surface area contributed by atoms with Crippen LogP contribution in [-0.2, 0) is 17.3 Å². The molecule has 1 aliphatic rings. The molecule has 6 heteroatoms. The third-order valence-corrected chi connectivity index (χ3v) is 4.33. The normalized spacial score (nSPS) is 16.4. The van der Waals surface area contributed by atoms with E-state index in [1.807, 2.05) is 0 Å². The molecule has 1 aliphatic carbocycles. The highest BCUT2D eigenvalue weighted by atomic mass is 32.2. The van der Waals surface area contributed by atoms with Crippen molar-refractivity contribution in [2.24, 2.45) is 0 Å². The first kappa shape index (κ1) is 13.3. The van der Waals surface area contributed by atoms with E-state index in [-0.39, 0.29) is 5.56 Å². The maximum absolute atomic E-state index is 11.3. The van der Waals surface area contributed by atoms with Gasteiger partial charge in [0.1, 0.15) is 5.82 Å². The SMILES string of the molecule is CS(=O)CCn1c(C2CC2)nc2cc(C(=O)O)ccc21. The standard InChI is InChI=1S/C14H16N2O3S/c1-20(19)7-6-16-12-5-4-10(14(17)18)8-11(12)15-13(16)9-2-3-9/h4-5,8-9H,2-3,6-7H2,1H3,(H,17,18). The summed E-state index contributed by atoms with van der Waals surface area (Å²) >= 11 is 0. The first-order valence-electron chi connectivity index (χ1n) is 6.60. The van der Waals surface area contributed by atoms with Gasteiger partial charge < -0.3 is 9.67 Å². The summed E-state index contributed by atoms with van der Waals surface area (Å²) in [5, 5.41) is 9.04. The minimum Gasteiger partial charge on any atom is -0.478 e. The molecule has 3 rings (SSSR count). The van der Waals surface area contributed by atoms with Crippen LogP contribution in [0.2, 0.25) is 0 Å². The zero-order chi connectivity index (χ0) is 14.3. The number of aryl methyl sites for hydroxylation is 1. The van der Waals surface area contributed by atoms with Crippen molar-refractivity contribution < 1.29 is 14.1 Å². The van der Waals surface area contributed by atoms with Crippen LogP contribution in [0.4, 0.5) is 0 Å². The van der Waals surface area contributed by atoms with E-state index in [1.54, 1.807) is 24.5 Å². The highest BCUT2D eigenvalue weighted by Gasteiger charge is 2.29. The Balaban J connectivity index is 2.07. The Bertz CT molecular complexity index is 704. The van der Waals surface area contributed by atoms with Crippen LogP contribution >= 0.6 is 0 Å². The highest BCUT2D eigenvalue weighted by Crippen LogP contribution is 2.40. The van der Waals surface area contributed by atoms with E-state index in [4.69, 9.17) is 5.11 Å². The number of nitrogens with zero attached hydrogens (tertiary/aromatic N) is 2. The molecule has 1 saturated carbocycles. The number of carbonyl (C=O) groups is 1. The van der Waals surface area contributed by atoms with Gasteiger partial charge in [-0.15, -0.1) is 0 Å². The van der Waals surface area contributed by atoms with Crippen molar-refractivity contribution in [2.75, 3.05) is 12.0 Å². The third kappa shape index (κ3) is 2.47. The predicted octanol–water partition coefficient (Wildman–Crippen LogP) is 1.99. The molecule has 1 aromatic carbocycles. The van der Waals surface area contributed by atoms with E-state index in [9.17, 15) is 9.00 Å². The number of aromatic nitrogens is 2. The second-order valence-corrected chi connectivity index (χ2v) is 6.74. The molecular formula is C14H16N2O3S. The molecule has 1 atom stereocenters. The molecule has 2 aromatic rings. The Morgan fingerprint density at radius 1 is 1.50 bits per heavy atom. The second kappa shape index (κ2) is 5.01. The van der Waals surface area contributed by atoms with Crippen molar-refractivity contribution in [3.05, 3.63) is 29.6 Å². The van der Waals surface area contributed by atoms with Crippen molar-refractivity contribution in [1.29, 1.82) is 0 Å². The van der Waals surface area contributed by atoms with Gasteiger partial charge in [0.2, 0.25) is 0 Å². The number of hydrogen-bond donors (Lipinski definition) is 1. The van der Waals surface area contributed by atoms with Gasteiger partial charge in [-0.05, 0) is 31.0 Å². The van der Waals surface area contributed by atoms with E-state index in [0.717, 1.165) is 24.2 Å². The number of benzene rings is 1. The number of hydrogen-bond acceptors (Lipinski definition) is 3. The third-order valence-electron chi connectivity index (χ3n) is 3.57. The molecule has 1 aromatic heterocycles. The molecule has 1 fully saturated rings. The van der Waals surface area contributed by atoms with Gasteiger partial charge in [0, 0.05) is 35.3 Å². The minimum atomic E-state index is -0.941. The fourth-order valence-electron chi connectivity index (χ4n) is 2.39. The number of aromatic carboxylic acids is 1. The van der Waals surface area contributed by atoms with Crippen molar-refractivity contribution in [3.8, 4) is 0 Å². The molecule has 0 spiro atoms. The zero-order valence-corrected chi connectivity index (χ0v) is 12.0. The summed E-state index contributed by atoms with van der Waals surface area (Å²) in [6, 6.07) is 5.02. The molecule has 106 valence electrons. The maximum Gasteiger partial charge on any atom is 0.335 e. The Hall–Kier alpha value is -1.69. The van der Waals surface area contributed by atoms with Crippen LogP contribution in [0.15, 0.2) is 18.2 Å². The van der Waals surface area contributed by atoms with Crippen LogP contribution in [-0.4, -0.2) is 36.8 Å². The van der Waals surface area contributed by atoms with Gasteiger partial charge in [0.15, 0.2) is 0 Å². The number of fused-ring (bicyclic) bond motifs is 1. The molecule has 0 bridgehead atoms. The highest BCUT2D eigenvalue weighted by molar-refractivity contribution is 7.84. The molecule has 1 N–H and O–H groups in total. The van der Waals surface area contributed by atoms with Crippen molar-refractivity contribution in [1.82, 2.24) is 9.55 Å². The molecule has 0 saturated heterocycles. The van der Waals surface area contributed by atoms with Gasteiger partial charge in [0.25, 0.3) is 0 Å². The van der Waals surface area contributed by atoms with Gasteiger partial charge in [-0.1, -0.05) is 0 Å². The monoisotopic (exact) mass is 292 g/mol. The molecule has 0 radical (unpaired) electrons. The maximum atomic E-state index is 11.3. The van der Waals surface area contributed by atoms with E-state index < -0.39 is 16.8 Å². The van der Waals surface area contributed by atoms with Gasteiger partial charge in [0.05, 0.1) is 16.6 Å². The average Bonchev–Trinajstić information content (AvgIpc) is 3.17. The molecule has 1 unspecified atom stereocenters. The van der Waals surface area contributed by atoms with E-state index in [1.165, 1.54) is 0 Å². The Labute approximate surface area is 119 Å². The summed E-state index contributed by atoms with van der Waals surface area (Å²) < 4.78 is 13.4. The lowest BCUT2D eigenvalue weighted by molar-refractivity contribution is 0.0697. The number of rotatable bonds is 5. The lowest BCUT2D eigenvalue weighted by Gasteiger charge is -2.07. The fourth-order valence-corrected chi connectivity index (χ4v) is 2.83. The molecule has 0 aliphatic heterocycles. The largest absolute Gasteiger partial charge is 0.478 e. The average molecular weight is 292 g/mol. The summed E-state index contributed by atoms with van der Waals surface area (Å²) in [6.07, 6.45) is 3.95. The van der Waals surface area contributed by atoms with Gasteiger partial charge in [-0.25, -0.2) is 9.78 Å². The van der Waals surface area contributed by atoms with Gasteiger partial charge in [-0.3, -0.25) is 4.21 Å². The lowest BCUT2D eigenvalue weighted by atomic mass is 10.2. The van der Waals surface area contributed by atoms with Crippen molar-refractivity contribution in [2.45, 2.75) is 25.3 Å². The zero-order valence-electron chi connectivity index (χ0n) is 11.2. The second-order valence-electron chi connectivity index (χ2n) is 5.18. The fraction of sp³-hybridized carbons (Fsp3) is 0.429. The Kier molecular flexibility index (Phi) is 3.33. The van der Waals surface area contributed by atoms with Gasteiger partial charge in [-0.2, -0.15) is 0 Å². The van der Waals surface area contributed by atoms with Crippen molar-refractivity contribution >= 4 is 27.8 Å². The Morgan fingerprint density at radius 3 is 2.85 bits per heavy atom. The summed E-state index contributed by atoms with van der Waals surface area (Å²) in [7, 11) is -0.849. The summed E-state index contributed by atoms with van der Waals surface area (Å²) in [5.74, 6) is 1.13. The predicted molar refractivity (Wildman–Crippen MR) is 77.6 cm³/mol. The van der Waals surface area contributed by atoms with Crippen LogP contribution in [0.1, 0.15) is 34.9 Å². The molecular weight excluding hydrogens is 276 g/mol. The molecule has 20 heavy (non-hydrogen) atoms. The first-order chi connectivity index (χ1) is 9.56. The summed E-state index contributed by atoms with van der Waals surface area (Å²) in [5.41, 5.74) is 1.90. The topological polar surface area (TPSA) is 72.2 Å². The molecule has 5 nitrogen and oxygen atoms in total. The van der Waals surface area contributed by atoms with Crippen LogP contribution in [0.3, 0.4) is 0 Å². The lowest BCUT2D eigenvalue weighted by Crippen LogP contribution is -2.09. The quantitative estimate of drug-likeness (QED) is 0.914. The van der Waals surface area contributed by atoms with Gasteiger partial charge >= 0.3 is 5.97 Å². The Morgan fingerprint density at radius 2 is 2.25 bits per heavy atom. The minimum absolute atomic E-state index is 0.253. The smallest absolute Gasteiger partial charge is 0.335 e. The van der Waals surface area contributed by atoms with Crippen molar-refractivity contribution in [3.63, 3.8) is 0 Å².